The molecule has 1 unspecified atom stereocenters. The zero-order valence-electron chi connectivity index (χ0n) is 14.9. The van der Waals surface area contributed by atoms with Gasteiger partial charge in [0.2, 0.25) is 5.88 Å². The summed E-state index contributed by atoms with van der Waals surface area (Å²) >= 11 is 0. The summed E-state index contributed by atoms with van der Waals surface area (Å²) in [6.45, 7) is 7.93. The van der Waals surface area contributed by atoms with E-state index in [1.807, 2.05) is 12.1 Å². The van der Waals surface area contributed by atoms with Gasteiger partial charge in [-0.3, -0.25) is 0 Å². The quantitative estimate of drug-likeness (QED) is 0.413. The van der Waals surface area contributed by atoms with Gasteiger partial charge in [-0.1, -0.05) is 19.4 Å². The second kappa shape index (κ2) is 10.9. The highest BCUT2D eigenvalue weighted by Gasteiger charge is 2.15. The highest BCUT2D eigenvalue weighted by atomic mass is 16.5. The predicted molar refractivity (Wildman–Crippen MR) is 96.4 cm³/mol. The van der Waals surface area contributed by atoms with Crippen LogP contribution >= 0.6 is 0 Å². The summed E-state index contributed by atoms with van der Waals surface area (Å²) in [6, 6.07) is 3.94. The third-order valence-corrected chi connectivity index (χ3v) is 3.86. The Kier molecular flexibility index (Phi) is 8.38. The van der Waals surface area contributed by atoms with Crippen LogP contribution in [0.4, 0.5) is 0 Å². The Bertz CT molecular complexity index is 502. The molecule has 1 aliphatic heterocycles. The third kappa shape index (κ3) is 6.35. The van der Waals surface area contributed by atoms with Crippen LogP contribution in [0.25, 0.3) is 0 Å². The summed E-state index contributed by atoms with van der Waals surface area (Å²) in [7, 11) is 0. The van der Waals surface area contributed by atoms with Gasteiger partial charge in [0.15, 0.2) is 5.96 Å². The van der Waals surface area contributed by atoms with E-state index in [-0.39, 0.29) is 0 Å². The molecule has 2 rings (SSSR count). The fraction of sp³-hybridized carbons (Fsp3) is 0.667. The van der Waals surface area contributed by atoms with E-state index in [2.05, 4.69) is 34.5 Å². The molecule has 0 bridgehead atoms. The van der Waals surface area contributed by atoms with E-state index in [1.165, 1.54) is 0 Å². The molecule has 6 heteroatoms. The fourth-order valence-corrected chi connectivity index (χ4v) is 2.51. The standard InChI is InChI=1S/C18H30N4O2/c1-3-5-11-24-17-15(8-6-10-20-17)13-21-18(19-4-2)22-14-16-9-7-12-23-16/h6,8,10,16H,3-5,7,9,11-14H2,1-2H3,(H2,19,21,22). The minimum Gasteiger partial charge on any atom is -0.477 e. The molecule has 6 nitrogen and oxygen atoms in total. The number of unbranched alkanes of at least 4 members (excludes halogenated alkanes) is 1. The fourth-order valence-electron chi connectivity index (χ4n) is 2.51. The van der Waals surface area contributed by atoms with E-state index in [0.717, 1.165) is 56.9 Å². The molecule has 1 aromatic heterocycles. The predicted octanol–water partition coefficient (Wildman–Crippen LogP) is 2.49. The zero-order chi connectivity index (χ0) is 17.0. The minimum atomic E-state index is 0.292. The normalized spacial score (nSPS) is 17.8. The maximum Gasteiger partial charge on any atom is 0.218 e. The molecule has 0 spiro atoms. The van der Waals surface area contributed by atoms with Gasteiger partial charge in [-0.05, 0) is 32.3 Å². The SMILES string of the molecule is CCCCOc1ncccc1CN=C(NCC)NCC1CCCO1. The van der Waals surface area contributed by atoms with Crippen LogP contribution in [0.2, 0.25) is 0 Å². The molecule has 2 heterocycles. The van der Waals surface area contributed by atoms with Gasteiger partial charge in [0, 0.05) is 31.5 Å². The van der Waals surface area contributed by atoms with Gasteiger partial charge in [-0.2, -0.15) is 0 Å². The molecule has 1 fully saturated rings. The van der Waals surface area contributed by atoms with Crippen LogP contribution in [-0.4, -0.2) is 43.4 Å². The molecule has 0 aliphatic carbocycles. The van der Waals surface area contributed by atoms with Crippen LogP contribution in [0.15, 0.2) is 23.3 Å². The molecule has 0 aromatic carbocycles. The Morgan fingerprint density at radius 1 is 1.42 bits per heavy atom. The molecule has 0 amide bonds. The summed E-state index contributed by atoms with van der Waals surface area (Å²) in [6.07, 6.45) is 6.46. The number of pyridine rings is 1. The maximum atomic E-state index is 5.77. The van der Waals surface area contributed by atoms with Crippen LogP contribution in [0, 0.1) is 0 Å². The number of ether oxygens (including phenoxy) is 2. The Hall–Kier alpha value is -1.82. The van der Waals surface area contributed by atoms with Crippen molar-refractivity contribution < 1.29 is 9.47 Å². The van der Waals surface area contributed by atoms with Crippen molar-refractivity contribution in [2.24, 2.45) is 4.99 Å². The Morgan fingerprint density at radius 2 is 2.33 bits per heavy atom. The largest absolute Gasteiger partial charge is 0.477 e. The van der Waals surface area contributed by atoms with E-state index in [9.17, 15) is 0 Å². The van der Waals surface area contributed by atoms with Gasteiger partial charge < -0.3 is 20.1 Å². The molecule has 0 radical (unpaired) electrons. The average molecular weight is 334 g/mol. The molecular formula is C18H30N4O2. The van der Waals surface area contributed by atoms with E-state index in [0.29, 0.717) is 25.1 Å². The molecule has 1 atom stereocenters. The van der Waals surface area contributed by atoms with Gasteiger partial charge >= 0.3 is 0 Å². The van der Waals surface area contributed by atoms with Crippen molar-refractivity contribution in [2.75, 3.05) is 26.3 Å². The average Bonchev–Trinajstić information content (AvgIpc) is 3.12. The van der Waals surface area contributed by atoms with Crippen LogP contribution in [0.5, 0.6) is 5.88 Å². The number of rotatable bonds is 9. The van der Waals surface area contributed by atoms with Crippen molar-refractivity contribution in [2.45, 2.75) is 52.2 Å². The Morgan fingerprint density at radius 3 is 3.08 bits per heavy atom. The molecule has 1 saturated heterocycles. The molecule has 134 valence electrons. The number of aliphatic imine (C=N–C) groups is 1. The molecule has 24 heavy (non-hydrogen) atoms. The summed E-state index contributed by atoms with van der Waals surface area (Å²) in [5.41, 5.74) is 1.00. The van der Waals surface area contributed by atoms with Crippen LogP contribution in [0.1, 0.15) is 45.1 Å². The zero-order valence-corrected chi connectivity index (χ0v) is 14.9. The van der Waals surface area contributed by atoms with Crippen LogP contribution in [0.3, 0.4) is 0 Å². The maximum absolute atomic E-state index is 5.77. The summed E-state index contributed by atoms with van der Waals surface area (Å²) in [5, 5.41) is 6.63. The first kappa shape index (κ1) is 18.5. The minimum absolute atomic E-state index is 0.292. The molecule has 1 aromatic rings. The van der Waals surface area contributed by atoms with E-state index >= 15 is 0 Å². The van der Waals surface area contributed by atoms with Gasteiger partial charge in [-0.15, -0.1) is 0 Å². The lowest BCUT2D eigenvalue weighted by atomic mass is 10.2. The molecule has 2 N–H and O–H groups in total. The van der Waals surface area contributed by atoms with E-state index < -0.39 is 0 Å². The van der Waals surface area contributed by atoms with Crippen molar-refractivity contribution in [1.82, 2.24) is 15.6 Å². The van der Waals surface area contributed by atoms with Gasteiger partial charge in [-0.25, -0.2) is 9.98 Å². The van der Waals surface area contributed by atoms with Crippen molar-refractivity contribution in [3.05, 3.63) is 23.9 Å². The number of nitrogens with one attached hydrogen (secondary N) is 2. The lowest BCUT2D eigenvalue weighted by Crippen LogP contribution is -2.41. The first-order valence-corrected chi connectivity index (χ1v) is 9.04. The van der Waals surface area contributed by atoms with Gasteiger partial charge in [0.05, 0.1) is 19.3 Å². The first-order chi connectivity index (χ1) is 11.8. The highest BCUT2D eigenvalue weighted by molar-refractivity contribution is 5.79. The highest BCUT2D eigenvalue weighted by Crippen LogP contribution is 2.16. The van der Waals surface area contributed by atoms with Crippen molar-refractivity contribution in [3.63, 3.8) is 0 Å². The number of hydrogen-bond acceptors (Lipinski definition) is 4. The smallest absolute Gasteiger partial charge is 0.218 e. The number of guanidine groups is 1. The molecule has 1 aliphatic rings. The van der Waals surface area contributed by atoms with Crippen molar-refractivity contribution >= 4 is 5.96 Å². The molecule has 0 saturated carbocycles. The number of aromatic nitrogens is 1. The molecular weight excluding hydrogens is 304 g/mol. The van der Waals surface area contributed by atoms with Gasteiger partial charge in [0.25, 0.3) is 0 Å². The summed E-state index contributed by atoms with van der Waals surface area (Å²) < 4.78 is 11.4. The van der Waals surface area contributed by atoms with Crippen LogP contribution < -0.4 is 15.4 Å². The van der Waals surface area contributed by atoms with E-state index in [4.69, 9.17) is 9.47 Å². The topological polar surface area (TPSA) is 67.8 Å². The lowest BCUT2D eigenvalue weighted by Gasteiger charge is -2.15. The second-order valence-corrected chi connectivity index (χ2v) is 5.88. The summed E-state index contributed by atoms with van der Waals surface area (Å²) in [5.74, 6) is 1.49. The lowest BCUT2D eigenvalue weighted by molar-refractivity contribution is 0.114. The van der Waals surface area contributed by atoms with Crippen molar-refractivity contribution in [3.8, 4) is 5.88 Å². The number of hydrogen-bond donors (Lipinski definition) is 2. The van der Waals surface area contributed by atoms with Crippen LogP contribution in [-0.2, 0) is 11.3 Å². The summed E-state index contributed by atoms with van der Waals surface area (Å²) in [4.78, 5) is 8.98. The first-order valence-electron chi connectivity index (χ1n) is 9.04. The number of nitrogens with zero attached hydrogens (tertiary/aromatic N) is 2. The Balaban J connectivity index is 1.91. The van der Waals surface area contributed by atoms with Gasteiger partial charge in [0.1, 0.15) is 0 Å². The third-order valence-electron chi connectivity index (χ3n) is 3.86. The van der Waals surface area contributed by atoms with Crippen molar-refractivity contribution in [1.29, 1.82) is 0 Å². The second-order valence-electron chi connectivity index (χ2n) is 5.88. The monoisotopic (exact) mass is 334 g/mol. The van der Waals surface area contributed by atoms with E-state index in [1.54, 1.807) is 6.20 Å². The Labute approximate surface area is 145 Å².